The second-order valence-electron chi connectivity index (χ2n) is 6.28. The molecule has 0 fully saturated rings. The third kappa shape index (κ3) is 2.80. The molecule has 0 aliphatic heterocycles. The van der Waals surface area contributed by atoms with Crippen molar-refractivity contribution in [2.75, 3.05) is 0 Å². The van der Waals surface area contributed by atoms with Gasteiger partial charge in [0.15, 0.2) is 0 Å². The number of aromatic nitrogens is 4. The zero-order chi connectivity index (χ0) is 17.4. The van der Waals surface area contributed by atoms with Gasteiger partial charge in [-0.15, -0.1) is 0 Å². The highest BCUT2D eigenvalue weighted by Gasteiger charge is 2.17. The second kappa shape index (κ2) is 6.13. The predicted octanol–water partition coefficient (Wildman–Crippen LogP) is 4.64. The Morgan fingerprint density at radius 2 is 1.76 bits per heavy atom. The molecular weight excluding hydrogens is 308 g/mol. The van der Waals surface area contributed by atoms with Crippen LogP contribution < -0.4 is 0 Å². The number of rotatable bonds is 3. The molecule has 4 rings (SSSR count). The van der Waals surface area contributed by atoms with E-state index in [1.54, 1.807) is 6.20 Å². The van der Waals surface area contributed by atoms with Crippen LogP contribution in [0.5, 0.6) is 0 Å². The standard InChI is InChI=1S/C21H20N4/c1-4-16-10-12-25-19(13-16)24-20(17-7-5-14(2)6-8-17)21(25)18-9-11-22-15(3)23-18/h5-13H,4H2,1-3H3. The molecule has 0 amide bonds. The maximum Gasteiger partial charge on any atom is 0.138 e. The summed E-state index contributed by atoms with van der Waals surface area (Å²) in [6.07, 6.45) is 4.88. The Morgan fingerprint density at radius 1 is 0.960 bits per heavy atom. The molecule has 0 unspecified atom stereocenters. The molecule has 4 aromatic rings. The first kappa shape index (κ1) is 15.5. The van der Waals surface area contributed by atoms with Gasteiger partial charge in [0.25, 0.3) is 0 Å². The SMILES string of the molecule is CCc1ccn2c(-c3ccnc(C)n3)c(-c3ccc(C)cc3)nc2c1. The summed E-state index contributed by atoms with van der Waals surface area (Å²) in [5.74, 6) is 0.757. The Balaban J connectivity index is 2.03. The number of imidazole rings is 1. The van der Waals surface area contributed by atoms with Crippen LogP contribution in [0.1, 0.15) is 23.9 Å². The molecule has 3 aromatic heterocycles. The summed E-state index contributed by atoms with van der Waals surface area (Å²) in [5.41, 5.74) is 7.40. The fourth-order valence-corrected chi connectivity index (χ4v) is 3.05. The summed E-state index contributed by atoms with van der Waals surface area (Å²) in [5, 5.41) is 0. The summed E-state index contributed by atoms with van der Waals surface area (Å²) in [6, 6.07) is 14.7. The average molecular weight is 328 g/mol. The van der Waals surface area contributed by atoms with E-state index < -0.39 is 0 Å². The summed E-state index contributed by atoms with van der Waals surface area (Å²) in [6.45, 7) is 6.16. The minimum atomic E-state index is 0.757. The van der Waals surface area contributed by atoms with E-state index in [9.17, 15) is 0 Å². The molecule has 25 heavy (non-hydrogen) atoms. The fourth-order valence-electron chi connectivity index (χ4n) is 3.05. The zero-order valence-corrected chi connectivity index (χ0v) is 14.7. The molecule has 0 spiro atoms. The summed E-state index contributed by atoms with van der Waals surface area (Å²) >= 11 is 0. The minimum absolute atomic E-state index is 0.757. The van der Waals surface area contributed by atoms with Gasteiger partial charge in [0.1, 0.15) is 11.5 Å². The van der Waals surface area contributed by atoms with Gasteiger partial charge in [-0.3, -0.25) is 4.40 Å². The van der Waals surface area contributed by atoms with Crippen LogP contribution in [0.3, 0.4) is 0 Å². The molecule has 0 saturated carbocycles. The molecule has 0 aliphatic carbocycles. The van der Waals surface area contributed by atoms with Crippen LogP contribution in [0.2, 0.25) is 0 Å². The lowest BCUT2D eigenvalue weighted by molar-refractivity contribution is 1.04. The van der Waals surface area contributed by atoms with Crippen LogP contribution in [0.4, 0.5) is 0 Å². The van der Waals surface area contributed by atoms with Crippen LogP contribution in [0, 0.1) is 13.8 Å². The molecule has 0 aliphatic rings. The highest BCUT2D eigenvalue weighted by Crippen LogP contribution is 2.32. The van der Waals surface area contributed by atoms with Crippen molar-refractivity contribution >= 4 is 5.65 Å². The Bertz CT molecular complexity index is 1050. The van der Waals surface area contributed by atoms with Crippen LogP contribution in [-0.4, -0.2) is 19.4 Å². The van der Waals surface area contributed by atoms with E-state index in [4.69, 9.17) is 4.98 Å². The molecule has 0 N–H and O–H groups in total. The van der Waals surface area contributed by atoms with E-state index in [1.165, 1.54) is 11.1 Å². The van der Waals surface area contributed by atoms with Crippen molar-refractivity contribution in [2.45, 2.75) is 27.2 Å². The van der Waals surface area contributed by atoms with Crippen LogP contribution in [-0.2, 0) is 6.42 Å². The first-order chi connectivity index (χ1) is 12.2. The number of hydrogen-bond donors (Lipinski definition) is 0. The number of pyridine rings is 1. The predicted molar refractivity (Wildman–Crippen MR) is 101 cm³/mol. The molecule has 0 radical (unpaired) electrons. The highest BCUT2D eigenvalue weighted by molar-refractivity contribution is 5.80. The summed E-state index contributed by atoms with van der Waals surface area (Å²) in [4.78, 5) is 13.8. The Kier molecular flexibility index (Phi) is 3.80. The van der Waals surface area contributed by atoms with E-state index in [2.05, 4.69) is 70.8 Å². The van der Waals surface area contributed by atoms with Crippen molar-refractivity contribution in [3.63, 3.8) is 0 Å². The van der Waals surface area contributed by atoms with E-state index in [0.29, 0.717) is 0 Å². The number of fused-ring (bicyclic) bond motifs is 1. The Labute approximate surface area is 147 Å². The van der Waals surface area contributed by atoms with E-state index in [0.717, 1.165) is 40.5 Å². The van der Waals surface area contributed by atoms with Gasteiger partial charge in [-0.1, -0.05) is 36.8 Å². The van der Waals surface area contributed by atoms with Crippen LogP contribution >= 0.6 is 0 Å². The van der Waals surface area contributed by atoms with Gasteiger partial charge < -0.3 is 0 Å². The molecule has 1 aromatic carbocycles. The summed E-state index contributed by atoms with van der Waals surface area (Å²) in [7, 11) is 0. The molecule has 3 heterocycles. The third-order valence-corrected chi connectivity index (χ3v) is 4.44. The molecule has 4 heteroatoms. The van der Waals surface area contributed by atoms with E-state index in [1.807, 2.05) is 13.0 Å². The average Bonchev–Trinajstić information content (AvgIpc) is 3.00. The fraction of sp³-hybridized carbons (Fsp3) is 0.190. The zero-order valence-electron chi connectivity index (χ0n) is 14.7. The van der Waals surface area contributed by atoms with Crippen molar-refractivity contribution in [2.24, 2.45) is 0 Å². The monoisotopic (exact) mass is 328 g/mol. The van der Waals surface area contributed by atoms with Gasteiger partial charge in [0.05, 0.1) is 17.1 Å². The number of nitrogens with zero attached hydrogens (tertiary/aromatic N) is 4. The lowest BCUT2D eigenvalue weighted by atomic mass is 10.1. The van der Waals surface area contributed by atoms with E-state index >= 15 is 0 Å². The third-order valence-electron chi connectivity index (χ3n) is 4.44. The molecule has 124 valence electrons. The lowest BCUT2D eigenvalue weighted by Gasteiger charge is -2.06. The largest absolute Gasteiger partial charge is 0.298 e. The van der Waals surface area contributed by atoms with Crippen molar-refractivity contribution in [3.8, 4) is 22.6 Å². The van der Waals surface area contributed by atoms with Crippen molar-refractivity contribution < 1.29 is 0 Å². The smallest absolute Gasteiger partial charge is 0.138 e. The molecule has 0 saturated heterocycles. The summed E-state index contributed by atoms with van der Waals surface area (Å²) < 4.78 is 2.12. The lowest BCUT2D eigenvalue weighted by Crippen LogP contribution is -1.95. The van der Waals surface area contributed by atoms with Crippen molar-refractivity contribution in [1.82, 2.24) is 19.4 Å². The maximum atomic E-state index is 4.93. The first-order valence-electron chi connectivity index (χ1n) is 8.54. The highest BCUT2D eigenvalue weighted by atomic mass is 15.0. The maximum absolute atomic E-state index is 4.93. The number of benzene rings is 1. The molecule has 0 atom stereocenters. The van der Waals surface area contributed by atoms with Gasteiger partial charge in [-0.25, -0.2) is 15.0 Å². The first-order valence-corrected chi connectivity index (χ1v) is 8.54. The molecular formula is C21H20N4. The van der Waals surface area contributed by atoms with Gasteiger partial charge in [0, 0.05) is 18.0 Å². The molecule has 0 bridgehead atoms. The van der Waals surface area contributed by atoms with Crippen LogP contribution in [0.15, 0.2) is 54.9 Å². The minimum Gasteiger partial charge on any atom is -0.298 e. The van der Waals surface area contributed by atoms with E-state index in [-0.39, 0.29) is 0 Å². The van der Waals surface area contributed by atoms with Crippen LogP contribution in [0.25, 0.3) is 28.3 Å². The molecule has 4 nitrogen and oxygen atoms in total. The topological polar surface area (TPSA) is 43.1 Å². The number of aryl methyl sites for hydroxylation is 3. The second-order valence-corrected chi connectivity index (χ2v) is 6.28. The van der Waals surface area contributed by atoms with Crippen molar-refractivity contribution in [3.05, 3.63) is 71.8 Å². The normalized spacial score (nSPS) is 11.2. The Hall–Kier alpha value is -3.01. The number of hydrogen-bond acceptors (Lipinski definition) is 3. The van der Waals surface area contributed by atoms with Crippen molar-refractivity contribution in [1.29, 1.82) is 0 Å². The van der Waals surface area contributed by atoms with Gasteiger partial charge in [-0.2, -0.15) is 0 Å². The van der Waals surface area contributed by atoms with Gasteiger partial charge >= 0.3 is 0 Å². The Morgan fingerprint density at radius 3 is 2.48 bits per heavy atom. The quantitative estimate of drug-likeness (QED) is 0.550. The van der Waals surface area contributed by atoms with Gasteiger partial charge in [-0.05, 0) is 44.0 Å². The van der Waals surface area contributed by atoms with Gasteiger partial charge in [0.2, 0.25) is 0 Å².